The Labute approximate surface area is 148 Å². The van der Waals surface area contributed by atoms with Crippen molar-refractivity contribution in [2.75, 3.05) is 6.61 Å². The van der Waals surface area contributed by atoms with Crippen molar-refractivity contribution in [1.29, 1.82) is 0 Å². The van der Waals surface area contributed by atoms with Crippen molar-refractivity contribution < 1.29 is 82.2 Å². The van der Waals surface area contributed by atoms with E-state index in [1.807, 2.05) is 0 Å². The molecule has 0 saturated heterocycles. The zero-order valence-corrected chi connectivity index (χ0v) is 13.1. The molecule has 0 spiro atoms. The fraction of sp³-hybridized carbons (Fsp3) is 0.200. The molecule has 0 aliphatic rings. The van der Waals surface area contributed by atoms with E-state index in [1.54, 1.807) is 0 Å². The summed E-state index contributed by atoms with van der Waals surface area (Å²) >= 11 is 0. The number of hydrogen-bond donors (Lipinski definition) is 0. The van der Waals surface area contributed by atoms with Crippen LogP contribution >= 0.6 is 0 Å². The maximum atomic E-state index is 12.2. The second-order valence-electron chi connectivity index (χ2n) is 3.54. The quantitative estimate of drug-likeness (QED) is 0.596. The van der Waals surface area contributed by atoms with Crippen molar-refractivity contribution in [2.45, 2.75) is 6.18 Å². The largest absolute Gasteiger partial charge is 1.00 e. The monoisotopic (exact) mass is 308 g/mol. The van der Waals surface area contributed by atoms with Gasteiger partial charge in [-0.1, -0.05) is 0 Å². The number of alkyl halides is 3. The second kappa shape index (κ2) is 7.17. The fourth-order valence-corrected chi connectivity index (χ4v) is 1.01. The van der Waals surface area contributed by atoms with E-state index in [2.05, 4.69) is 6.58 Å². The van der Waals surface area contributed by atoms with Crippen molar-refractivity contribution in [3.05, 3.63) is 41.9 Å². The Morgan fingerprint density at radius 3 is 1.95 bits per heavy atom. The molecule has 0 atom stereocenters. The standard InChI is InChI=1S/C10H8BF6O.K/c1-7(11(15,16)17)6-18-9-4-2-8(3-5-9)10(12,13)14;/h2-5H,1,6H2;/q-1;+1. The first-order chi connectivity index (χ1) is 8.10. The van der Waals surface area contributed by atoms with E-state index in [1.165, 1.54) is 0 Å². The van der Waals surface area contributed by atoms with Gasteiger partial charge in [0.15, 0.2) is 0 Å². The predicted octanol–water partition coefficient (Wildman–Crippen LogP) is 1.03. The second-order valence-corrected chi connectivity index (χ2v) is 3.54. The molecule has 0 N–H and O–H groups in total. The van der Waals surface area contributed by atoms with Gasteiger partial charge in [-0.15, -0.1) is 12.1 Å². The fourth-order valence-electron chi connectivity index (χ4n) is 1.01. The Morgan fingerprint density at radius 2 is 1.58 bits per heavy atom. The van der Waals surface area contributed by atoms with Gasteiger partial charge in [0.1, 0.15) is 5.75 Å². The molecule has 0 bridgehead atoms. The summed E-state index contributed by atoms with van der Waals surface area (Å²) in [5.41, 5.74) is -1.94. The van der Waals surface area contributed by atoms with Crippen LogP contribution in [0.2, 0.25) is 0 Å². The van der Waals surface area contributed by atoms with Gasteiger partial charge in [0.05, 0.1) is 12.2 Å². The van der Waals surface area contributed by atoms with Crippen LogP contribution in [0.3, 0.4) is 0 Å². The van der Waals surface area contributed by atoms with Gasteiger partial charge in [-0.05, 0) is 24.3 Å². The van der Waals surface area contributed by atoms with E-state index in [4.69, 9.17) is 4.74 Å². The van der Waals surface area contributed by atoms with Gasteiger partial charge in [0.25, 0.3) is 0 Å². The van der Waals surface area contributed by atoms with Gasteiger partial charge in [-0.2, -0.15) is 13.2 Å². The van der Waals surface area contributed by atoms with Gasteiger partial charge >= 0.3 is 64.5 Å². The summed E-state index contributed by atoms with van der Waals surface area (Å²) in [7, 11) is 0. The van der Waals surface area contributed by atoms with Gasteiger partial charge in [-0.3, -0.25) is 0 Å². The van der Waals surface area contributed by atoms with E-state index in [0.29, 0.717) is 0 Å². The first kappa shape index (κ1) is 19.0. The molecule has 19 heavy (non-hydrogen) atoms. The Morgan fingerprint density at radius 1 is 1.11 bits per heavy atom. The van der Waals surface area contributed by atoms with Crippen LogP contribution in [0.15, 0.2) is 36.3 Å². The van der Waals surface area contributed by atoms with Gasteiger partial charge in [0, 0.05) is 0 Å². The Bertz CT molecular complexity index is 425. The molecule has 0 fully saturated rings. The summed E-state index contributed by atoms with van der Waals surface area (Å²) < 4.78 is 77.6. The number of benzene rings is 1. The van der Waals surface area contributed by atoms with E-state index >= 15 is 0 Å². The average Bonchev–Trinajstić information content (AvgIpc) is 2.24. The van der Waals surface area contributed by atoms with Crippen LogP contribution in [0.5, 0.6) is 5.75 Å². The van der Waals surface area contributed by atoms with Crippen LogP contribution in [0.4, 0.5) is 26.1 Å². The number of halogens is 6. The third kappa shape index (κ3) is 6.35. The average molecular weight is 308 g/mol. The minimum Gasteiger partial charge on any atom is -0.492 e. The van der Waals surface area contributed by atoms with Crippen LogP contribution in [0, 0.1) is 0 Å². The minimum atomic E-state index is -5.20. The molecule has 0 amide bonds. The minimum absolute atomic E-state index is 0. The number of ether oxygens (including phenoxy) is 1. The third-order valence-corrected chi connectivity index (χ3v) is 2.07. The van der Waals surface area contributed by atoms with Crippen molar-refractivity contribution in [1.82, 2.24) is 0 Å². The number of rotatable bonds is 4. The molecule has 100 valence electrons. The maximum Gasteiger partial charge on any atom is 1.00 e. The Balaban J connectivity index is 0.00000324. The molecule has 0 heterocycles. The summed E-state index contributed by atoms with van der Waals surface area (Å²) in [6.45, 7) is -3.20. The summed E-state index contributed by atoms with van der Waals surface area (Å²) in [6, 6.07) is 3.38. The summed E-state index contributed by atoms with van der Waals surface area (Å²) in [6.07, 6.45) is -4.49. The molecule has 9 heteroatoms. The molecule has 1 nitrogen and oxygen atoms in total. The van der Waals surface area contributed by atoms with Gasteiger partial charge in [0.2, 0.25) is 0 Å². The molecule has 0 saturated carbocycles. The number of hydrogen-bond acceptors (Lipinski definition) is 1. The topological polar surface area (TPSA) is 9.23 Å². The molecule has 0 aliphatic carbocycles. The van der Waals surface area contributed by atoms with Crippen molar-refractivity contribution in [3.8, 4) is 5.75 Å². The molecule has 0 radical (unpaired) electrons. The Kier molecular flexibility index (Phi) is 7.18. The molecular weight excluding hydrogens is 300 g/mol. The summed E-state index contributed by atoms with van der Waals surface area (Å²) in [5, 5.41) is 0. The molecular formula is C10H8BF6KO. The van der Waals surface area contributed by atoms with Crippen molar-refractivity contribution in [3.63, 3.8) is 0 Å². The van der Waals surface area contributed by atoms with Crippen molar-refractivity contribution >= 4 is 6.98 Å². The third-order valence-electron chi connectivity index (χ3n) is 2.07. The predicted molar refractivity (Wildman–Crippen MR) is 55.2 cm³/mol. The SMILES string of the molecule is C=C(COc1ccc(C(F)(F)F)cc1)[B-](F)(F)F.[K+]. The van der Waals surface area contributed by atoms with Crippen LogP contribution in [0.1, 0.15) is 5.56 Å². The summed E-state index contributed by atoms with van der Waals surface area (Å²) in [5.74, 6) is -0.0794. The first-order valence-corrected chi connectivity index (χ1v) is 4.78. The summed E-state index contributed by atoms with van der Waals surface area (Å²) in [4.78, 5) is 0. The van der Waals surface area contributed by atoms with E-state index in [0.717, 1.165) is 24.3 Å². The smallest absolute Gasteiger partial charge is 0.492 e. The maximum absolute atomic E-state index is 12.2. The van der Waals surface area contributed by atoms with Crippen LogP contribution in [-0.4, -0.2) is 13.6 Å². The molecule has 1 rings (SSSR count). The van der Waals surface area contributed by atoms with Gasteiger partial charge in [-0.25, -0.2) is 0 Å². The first-order valence-electron chi connectivity index (χ1n) is 4.78. The zero-order valence-electron chi connectivity index (χ0n) is 9.98. The van der Waals surface area contributed by atoms with E-state index < -0.39 is 30.8 Å². The van der Waals surface area contributed by atoms with Crippen molar-refractivity contribution in [2.24, 2.45) is 0 Å². The van der Waals surface area contributed by atoms with Crippen LogP contribution in [-0.2, 0) is 6.18 Å². The van der Waals surface area contributed by atoms with Crippen LogP contribution < -0.4 is 56.1 Å². The van der Waals surface area contributed by atoms with Gasteiger partial charge < -0.3 is 17.7 Å². The molecule has 0 aromatic heterocycles. The Hall–Kier alpha value is 0.0413. The molecule has 1 aromatic rings. The van der Waals surface area contributed by atoms with E-state index in [-0.39, 0.29) is 57.1 Å². The molecule has 0 unspecified atom stereocenters. The normalized spacial score (nSPS) is 11.7. The zero-order chi connectivity index (χ0) is 14.0. The van der Waals surface area contributed by atoms with Crippen LogP contribution in [0.25, 0.3) is 0 Å². The molecule has 1 aromatic carbocycles. The van der Waals surface area contributed by atoms with E-state index in [9.17, 15) is 26.1 Å². The molecule has 0 aliphatic heterocycles.